The van der Waals surface area contributed by atoms with Gasteiger partial charge in [-0.1, -0.05) is 73.5 Å². The van der Waals surface area contributed by atoms with Crippen molar-refractivity contribution in [2.24, 2.45) is 5.73 Å². The third-order valence-electron chi connectivity index (χ3n) is 6.45. The first-order valence-corrected chi connectivity index (χ1v) is 11.6. The lowest BCUT2D eigenvalue weighted by Gasteiger charge is -2.27. The first-order chi connectivity index (χ1) is 14.2. The molecule has 5 heteroatoms. The van der Waals surface area contributed by atoms with E-state index in [1.165, 1.54) is 53.1 Å². The quantitative estimate of drug-likeness (QED) is 0.371. The number of rotatable bonds is 4. The first kappa shape index (κ1) is 18.9. The molecule has 1 atom stereocenters. The van der Waals surface area contributed by atoms with E-state index in [2.05, 4.69) is 35.3 Å². The molecule has 29 heavy (non-hydrogen) atoms. The number of benzene rings is 2. The van der Waals surface area contributed by atoms with Crippen LogP contribution in [0.15, 0.2) is 52.3 Å². The molecule has 1 heterocycles. The topological polar surface area (TPSA) is 60.9 Å². The third kappa shape index (κ3) is 3.51. The SMILES string of the molecule is N[C@@H](Sc1nc(=O)n(C2CCCCC2)c2c1CCC2)c1cccc2ccccc12. The second-order valence-corrected chi connectivity index (χ2v) is 9.38. The fraction of sp³-hybridized carbons (Fsp3) is 0.417. The summed E-state index contributed by atoms with van der Waals surface area (Å²) in [6.45, 7) is 0. The summed E-state index contributed by atoms with van der Waals surface area (Å²) in [5, 5.41) is 2.95. The predicted octanol–water partition coefficient (Wildman–Crippen LogP) is 5.14. The fourth-order valence-electron chi connectivity index (χ4n) is 5.04. The molecule has 0 radical (unpaired) electrons. The van der Waals surface area contributed by atoms with Gasteiger partial charge in [0, 0.05) is 17.3 Å². The molecule has 0 amide bonds. The van der Waals surface area contributed by atoms with Crippen LogP contribution in [0, 0.1) is 0 Å². The highest BCUT2D eigenvalue weighted by molar-refractivity contribution is 7.99. The van der Waals surface area contributed by atoms with Gasteiger partial charge in [0.1, 0.15) is 5.03 Å². The van der Waals surface area contributed by atoms with Crippen molar-refractivity contribution in [2.45, 2.75) is 67.8 Å². The molecule has 2 aromatic carbocycles. The van der Waals surface area contributed by atoms with Crippen LogP contribution < -0.4 is 11.4 Å². The third-order valence-corrected chi connectivity index (χ3v) is 7.52. The Morgan fingerprint density at radius 1 is 1.00 bits per heavy atom. The van der Waals surface area contributed by atoms with Crippen LogP contribution in [0.3, 0.4) is 0 Å². The Hall–Kier alpha value is -2.11. The van der Waals surface area contributed by atoms with Crippen molar-refractivity contribution in [2.75, 3.05) is 0 Å². The minimum atomic E-state index is -0.247. The maximum absolute atomic E-state index is 13.0. The van der Waals surface area contributed by atoms with Crippen LogP contribution in [0.25, 0.3) is 10.8 Å². The summed E-state index contributed by atoms with van der Waals surface area (Å²) in [4.78, 5) is 17.6. The lowest BCUT2D eigenvalue weighted by Crippen LogP contribution is -2.32. The number of aromatic nitrogens is 2. The Morgan fingerprint density at radius 3 is 2.66 bits per heavy atom. The lowest BCUT2D eigenvalue weighted by molar-refractivity contribution is 0.334. The van der Waals surface area contributed by atoms with E-state index in [-0.39, 0.29) is 11.1 Å². The predicted molar refractivity (Wildman–Crippen MR) is 119 cm³/mol. The minimum absolute atomic E-state index is 0.0785. The normalized spacial score (nSPS) is 18.1. The highest BCUT2D eigenvalue weighted by atomic mass is 32.2. The second-order valence-electron chi connectivity index (χ2n) is 8.25. The molecular formula is C24H27N3OS. The van der Waals surface area contributed by atoms with E-state index in [1.807, 2.05) is 16.7 Å². The molecular weight excluding hydrogens is 378 g/mol. The van der Waals surface area contributed by atoms with Gasteiger partial charge in [-0.25, -0.2) is 4.79 Å². The van der Waals surface area contributed by atoms with Crippen LogP contribution in [0.2, 0.25) is 0 Å². The van der Waals surface area contributed by atoms with Crippen molar-refractivity contribution in [3.8, 4) is 0 Å². The van der Waals surface area contributed by atoms with Gasteiger partial charge in [0.15, 0.2) is 0 Å². The molecule has 2 aliphatic rings. The van der Waals surface area contributed by atoms with Crippen LogP contribution in [0.4, 0.5) is 0 Å². The molecule has 0 saturated heterocycles. The van der Waals surface area contributed by atoms with Crippen molar-refractivity contribution >= 4 is 22.5 Å². The number of hydrogen-bond acceptors (Lipinski definition) is 4. The lowest BCUT2D eigenvalue weighted by atomic mass is 9.95. The van der Waals surface area contributed by atoms with E-state index in [1.54, 1.807) is 0 Å². The van der Waals surface area contributed by atoms with E-state index in [0.717, 1.165) is 42.7 Å². The summed E-state index contributed by atoms with van der Waals surface area (Å²) in [5.74, 6) is 0. The average Bonchev–Trinajstić information content (AvgIpc) is 3.24. The number of thioether (sulfide) groups is 1. The van der Waals surface area contributed by atoms with Crippen molar-refractivity contribution in [3.63, 3.8) is 0 Å². The van der Waals surface area contributed by atoms with Gasteiger partial charge in [-0.3, -0.25) is 4.57 Å². The highest BCUT2D eigenvalue weighted by Crippen LogP contribution is 2.39. The van der Waals surface area contributed by atoms with Crippen LogP contribution >= 0.6 is 11.8 Å². The minimum Gasteiger partial charge on any atom is -0.315 e. The zero-order valence-corrected chi connectivity index (χ0v) is 17.5. The van der Waals surface area contributed by atoms with E-state index in [0.29, 0.717) is 6.04 Å². The van der Waals surface area contributed by atoms with E-state index < -0.39 is 0 Å². The molecule has 0 spiro atoms. The van der Waals surface area contributed by atoms with Crippen LogP contribution in [-0.4, -0.2) is 9.55 Å². The van der Waals surface area contributed by atoms with Crippen LogP contribution in [-0.2, 0) is 12.8 Å². The van der Waals surface area contributed by atoms with Gasteiger partial charge in [-0.2, -0.15) is 4.98 Å². The number of fused-ring (bicyclic) bond motifs is 2. The summed E-state index contributed by atoms with van der Waals surface area (Å²) in [6, 6.07) is 14.9. The molecule has 1 aromatic heterocycles. The Morgan fingerprint density at radius 2 is 1.79 bits per heavy atom. The molecule has 3 aromatic rings. The van der Waals surface area contributed by atoms with Gasteiger partial charge in [0.25, 0.3) is 0 Å². The summed E-state index contributed by atoms with van der Waals surface area (Å²) in [6.07, 6.45) is 9.02. The summed E-state index contributed by atoms with van der Waals surface area (Å²) < 4.78 is 2.04. The number of nitrogens with zero attached hydrogens (tertiary/aromatic N) is 2. The van der Waals surface area contributed by atoms with Crippen LogP contribution in [0.1, 0.15) is 66.8 Å². The molecule has 4 nitrogen and oxygen atoms in total. The molecule has 0 unspecified atom stereocenters. The Labute approximate surface area is 175 Å². The zero-order valence-electron chi connectivity index (χ0n) is 16.6. The maximum Gasteiger partial charge on any atom is 0.349 e. The highest BCUT2D eigenvalue weighted by Gasteiger charge is 2.27. The van der Waals surface area contributed by atoms with E-state index in [4.69, 9.17) is 5.73 Å². The molecule has 5 rings (SSSR count). The fourth-order valence-corrected chi connectivity index (χ4v) is 6.11. The summed E-state index contributed by atoms with van der Waals surface area (Å²) in [7, 11) is 0. The molecule has 0 bridgehead atoms. The van der Waals surface area contributed by atoms with Gasteiger partial charge in [0.05, 0.1) is 5.37 Å². The zero-order chi connectivity index (χ0) is 19.8. The molecule has 1 saturated carbocycles. The molecule has 0 aliphatic heterocycles. The Balaban J connectivity index is 1.51. The van der Waals surface area contributed by atoms with Crippen molar-refractivity contribution < 1.29 is 0 Å². The summed E-state index contributed by atoms with van der Waals surface area (Å²) >= 11 is 1.54. The number of nitrogens with two attached hydrogens (primary N) is 1. The number of hydrogen-bond donors (Lipinski definition) is 1. The van der Waals surface area contributed by atoms with Gasteiger partial charge >= 0.3 is 5.69 Å². The summed E-state index contributed by atoms with van der Waals surface area (Å²) in [5.41, 5.74) is 10.1. The Bertz CT molecular complexity index is 1100. The monoisotopic (exact) mass is 405 g/mol. The Kier molecular flexibility index (Phi) is 5.18. The average molecular weight is 406 g/mol. The van der Waals surface area contributed by atoms with Crippen molar-refractivity contribution in [1.82, 2.24) is 9.55 Å². The largest absolute Gasteiger partial charge is 0.349 e. The molecule has 1 fully saturated rings. The smallest absolute Gasteiger partial charge is 0.315 e. The van der Waals surface area contributed by atoms with Crippen LogP contribution in [0.5, 0.6) is 0 Å². The second kappa shape index (κ2) is 7.96. The van der Waals surface area contributed by atoms with Crippen molar-refractivity contribution in [3.05, 3.63) is 69.8 Å². The molecule has 2 N–H and O–H groups in total. The van der Waals surface area contributed by atoms with E-state index in [9.17, 15) is 4.79 Å². The van der Waals surface area contributed by atoms with E-state index >= 15 is 0 Å². The van der Waals surface area contributed by atoms with Gasteiger partial charge in [-0.15, -0.1) is 0 Å². The molecule has 150 valence electrons. The van der Waals surface area contributed by atoms with Gasteiger partial charge < -0.3 is 5.73 Å². The molecule has 2 aliphatic carbocycles. The van der Waals surface area contributed by atoms with Crippen molar-refractivity contribution in [1.29, 1.82) is 0 Å². The first-order valence-electron chi connectivity index (χ1n) is 10.8. The van der Waals surface area contributed by atoms with Gasteiger partial charge in [-0.05, 0) is 48.4 Å². The maximum atomic E-state index is 13.0. The standard InChI is InChI=1S/C24H27N3OS/c25-22(19-13-6-9-16-8-4-5-12-18(16)19)29-23-20-14-7-15-21(20)27(24(28)26-23)17-10-2-1-3-11-17/h4-6,8-9,12-13,17,22H,1-3,7,10-11,14-15,25H2/t22-/m0/s1. The van der Waals surface area contributed by atoms with Gasteiger partial charge in [0.2, 0.25) is 0 Å².